The Morgan fingerprint density at radius 2 is 1.22 bits per heavy atom. The Bertz CT molecular complexity index is 1960. The fourth-order valence-electron chi connectivity index (χ4n) is 7.02. The highest BCUT2D eigenvalue weighted by Gasteiger charge is 2.39. The van der Waals surface area contributed by atoms with Crippen molar-refractivity contribution >= 4 is 22.6 Å². The van der Waals surface area contributed by atoms with Crippen molar-refractivity contribution < 1.29 is 0 Å². The standard InChI is InChI=1S/C40H31N/c1-40(2)36-19-11-9-17-32(36)33-21-22-39-35(26-37(33)40)34-18-10-12-20-38(34)41(39)31-24-29(27-13-5-3-6-14-27)23-30(25-31)28-15-7-4-8-16-28/h3-21,23-26H,22H2,1-2H3. The van der Waals surface area contributed by atoms with Crippen LogP contribution in [0.5, 0.6) is 0 Å². The van der Waals surface area contributed by atoms with Gasteiger partial charge in [-0.3, -0.25) is 0 Å². The Morgan fingerprint density at radius 3 is 1.93 bits per heavy atom. The molecule has 0 amide bonds. The molecule has 2 aliphatic carbocycles. The van der Waals surface area contributed by atoms with Gasteiger partial charge < -0.3 is 4.57 Å². The summed E-state index contributed by atoms with van der Waals surface area (Å²) in [6.45, 7) is 4.75. The van der Waals surface area contributed by atoms with Gasteiger partial charge in [-0.2, -0.15) is 0 Å². The minimum absolute atomic E-state index is 0.0407. The Hall–Kier alpha value is -4.88. The van der Waals surface area contributed by atoms with E-state index in [1.54, 1.807) is 0 Å². The maximum absolute atomic E-state index is 2.51. The molecule has 0 N–H and O–H groups in total. The first kappa shape index (κ1) is 24.0. The van der Waals surface area contributed by atoms with E-state index in [0.717, 1.165) is 6.42 Å². The van der Waals surface area contributed by atoms with E-state index < -0.39 is 0 Å². The zero-order valence-corrected chi connectivity index (χ0v) is 23.4. The molecule has 2 aliphatic rings. The largest absolute Gasteiger partial charge is 0.313 e. The Labute approximate surface area is 241 Å². The number of hydrogen-bond acceptors (Lipinski definition) is 0. The normalized spacial score (nSPS) is 15.0. The van der Waals surface area contributed by atoms with Gasteiger partial charge in [0.2, 0.25) is 0 Å². The number of allylic oxidation sites excluding steroid dienone is 3. The number of benzene rings is 5. The fourth-order valence-corrected chi connectivity index (χ4v) is 7.02. The van der Waals surface area contributed by atoms with Crippen LogP contribution < -0.4 is 0 Å². The molecule has 1 nitrogen and oxygen atoms in total. The first-order valence-electron chi connectivity index (χ1n) is 14.5. The second kappa shape index (κ2) is 9.08. The van der Waals surface area contributed by atoms with Crippen molar-refractivity contribution in [3.8, 4) is 27.9 Å². The third-order valence-electron chi connectivity index (χ3n) is 9.05. The molecule has 1 aromatic heterocycles. The van der Waals surface area contributed by atoms with Gasteiger partial charge in [0, 0.05) is 34.2 Å². The smallest absolute Gasteiger partial charge is 0.0537 e. The Balaban J connectivity index is 1.40. The van der Waals surface area contributed by atoms with Gasteiger partial charge >= 0.3 is 0 Å². The summed E-state index contributed by atoms with van der Waals surface area (Å²) >= 11 is 0. The lowest BCUT2D eigenvalue weighted by Gasteiger charge is -2.21. The molecule has 6 aromatic rings. The van der Waals surface area contributed by atoms with Crippen LogP contribution in [0.15, 0.2) is 139 Å². The van der Waals surface area contributed by atoms with Crippen LogP contribution in [0, 0.1) is 0 Å². The molecular weight excluding hydrogens is 494 g/mol. The zero-order chi connectivity index (χ0) is 27.6. The maximum atomic E-state index is 2.51. The van der Waals surface area contributed by atoms with Crippen molar-refractivity contribution in [3.05, 3.63) is 161 Å². The van der Waals surface area contributed by atoms with E-state index in [4.69, 9.17) is 0 Å². The Kier molecular flexibility index (Phi) is 5.30. The van der Waals surface area contributed by atoms with E-state index >= 15 is 0 Å². The molecule has 0 saturated carbocycles. The summed E-state index contributed by atoms with van der Waals surface area (Å²) in [6, 6.07) is 46.4. The summed E-state index contributed by atoms with van der Waals surface area (Å²) in [5.74, 6) is 0. The lowest BCUT2D eigenvalue weighted by Crippen LogP contribution is -2.14. The lowest BCUT2D eigenvalue weighted by atomic mass is 9.81. The number of fused-ring (bicyclic) bond motifs is 6. The van der Waals surface area contributed by atoms with E-state index in [1.165, 1.54) is 72.4 Å². The van der Waals surface area contributed by atoms with Crippen LogP contribution >= 0.6 is 0 Å². The van der Waals surface area contributed by atoms with Crippen LogP contribution in [0.3, 0.4) is 0 Å². The molecule has 1 heteroatoms. The minimum atomic E-state index is -0.0407. The summed E-state index contributed by atoms with van der Waals surface area (Å²) in [4.78, 5) is 0. The summed E-state index contributed by atoms with van der Waals surface area (Å²) in [6.07, 6.45) is 5.84. The molecule has 1 heterocycles. The molecule has 8 rings (SSSR count). The zero-order valence-electron chi connectivity index (χ0n) is 23.4. The van der Waals surface area contributed by atoms with Gasteiger partial charge in [0.25, 0.3) is 0 Å². The number of nitrogens with zero attached hydrogens (tertiary/aromatic N) is 1. The molecular formula is C40H31N. The molecule has 41 heavy (non-hydrogen) atoms. The monoisotopic (exact) mass is 525 g/mol. The quantitative estimate of drug-likeness (QED) is 0.217. The van der Waals surface area contributed by atoms with Crippen molar-refractivity contribution in [2.75, 3.05) is 0 Å². The summed E-state index contributed by atoms with van der Waals surface area (Å²) in [7, 11) is 0. The van der Waals surface area contributed by atoms with Crippen LogP contribution in [0.1, 0.15) is 36.2 Å². The third-order valence-corrected chi connectivity index (χ3v) is 9.05. The summed E-state index contributed by atoms with van der Waals surface area (Å²) in [5, 5.41) is 1.31. The second-order valence-corrected chi connectivity index (χ2v) is 11.8. The van der Waals surface area contributed by atoms with Crippen molar-refractivity contribution in [2.45, 2.75) is 25.7 Å². The van der Waals surface area contributed by atoms with E-state index in [2.05, 4.69) is 158 Å². The molecule has 0 unspecified atom stereocenters. The van der Waals surface area contributed by atoms with E-state index in [1.807, 2.05) is 0 Å². The average molecular weight is 526 g/mol. The van der Waals surface area contributed by atoms with Crippen LogP contribution in [-0.4, -0.2) is 4.57 Å². The number of aromatic nitrogens is 1. The summed E-state index contributed by atoms with van der Waals surface area (Å²) in [5.41, 5.74) is 15.6. The topological polar surface area (TPSA) is 4.93 Å². The van der Waals surface area contributed by atoms with E-state index in [0.29, 0.717) is 0 Å². The van der Waals surface area contributed by atoms with Gasteiger partial charge in [-0.1, -0.05) is 123 Å². The van der Waals surface area contributed by atoms with Gasteiger partial charge in [-0.15, -0.1) is 0 Å². The highest BCUT2D eigenvalue weighted by molar-refractivity contribution is 6.01. The van der Waals surface area contributed by atoms with Crippen LogP contribution in [0.2, 0.25) is 0 Å². The molecule has 0 atom stereocenters. The highest BCUT2D eigenvalue weighted by Crippen LogP contribution is 2.52. The lowest BCUT2D eigenvalue weighted by molar-refractivity contribution is 0.665. The second-order valence-electron chi connectivity index (χ2n) is 11.8. The third kappa shape index (κ3) is 3.69. The van der Waals surface area contributed by atoms with Gasteiger partial charge in [-0.05, 0) is 74.9 Å². The SMILES string of the molecule is CC1(C)C2=Cc3c(n(-c4cc(-c5ccccc5)cc(-c5ccccc5)c4)c4ccccc34)CC=C2c2ccccc21. The molecule has 0 fully saturated rings. The predicted molar refractivity (Wildman–Crippen MR) is 173 cm³/mol. The molecule has 196 valence electrons. The van der Waals surface area contributed by atoms with Crippen molar-refractivity contribution in [3.63, 3.8) is 0 Å². The van der Waals surface area contributed by atoms with Gasteiger partial charge in [-0.25, -0.2) is 0 Å². The van der Waals surface area contributed by atoms with Crippen LogP contribution in [0.25, 0.3) is 50.5 Å². The van der Waals surface area contributed by atoms with Crippen molar-refractivity contribution in [2.24, 2.45) is 0 Å². The van der Waals surface area contributed by atoms with Gasteiger partial charge in [0.15, 0.2) is 0 Å². The predicted octanol–water partition coefficient (Wildman–Crippen LogP) is 10.3. The van der Waals surface area contributed by atoms with Gasteiger partial charge in [0.1, 0.15) is 0 Å². The molecule has 0 spiro atoms. The molecule has 0 bridgehead atoms. The fraction of sp³-hybridized carbons (Fsp3) is 0.100. The molecule has 0 radical (unpaired) electrons. The number of rotatable bonds is 3. The first-order chi connectivity index (χ1) is 20.1. The van der Waals surface area contributed by atoms with E-state index in [9.17, 15) is 0 Å². The maximum Gasteiger partial charge on any atom is 0.0537 e. The summed E-state index contributed by atoms with van der Waals surface area (Å²) < 4.78 is 2.51. The first-order valence-corrected chi connectivity index (χ1v) is 14.5. The Morgan fingerprint density at radius 1 is 0.610 bits per heavy atom. The molecule has 0 aliphatic heterocycles. The number of hydrogen-bond donors (Lipinski definition) is 0. The van der Waals surface area contributed by atoms with Crippen LogP contribution in [0.4, 0.5) is 0 Å². The van der Waals surface area contributed by atoms with Gasteiger partial charge in [0.05, 0.1) is 5.52 Å². The van der Waals surface area contributed by atoms with Crippen molar-refractivity contribution in [1.29, 1.82) is 0 Å². The molecule has 5 aromatic carbocycles. The van der Waals surface area contributed by atoms with Crippen molar-refractivity contribution in [1.82, 2.24) is 4.57 Å². The van der Waals surface area contributed by atoms with Crippen LogP contribution in [-0.2, 0) is 11.8 Å². The number of para-hydroxylation sites is 1. The minimum Gasteiger partial charge on any atom is -0.313 e. The average Bonchev–Trinajstić information content (AvgIpc) is 3.34. The van der Waals surface area contributed by atoms with E-state index in [-0.39, 0.29) is 5.41 Å². The molecule has 0 saturated heterocycles. The highest BCUT2D eigenvalue weighted by atomic mass is 15.0.